The molecule has 9 nitrogen and oxygen atoms in total. The minimum absolute atomic E-state index is 0.0287. The second kappa shape index (κ2) is 8.23. The lowest BCUT2D eigenvalue weighted by Crippen LogP contribution is -2.22. The molecule has 2 N–H and O–H groups in total. The Morgan fingerprint density at radius 3 is 2.53 bits per heavy atom. The molecule has 36 heavy (non-hydrogen) atoms. The maximum absolute atomic E-state index is 13.5. The molecule has 0 fully saturated rings. The van der Waals surface area contributed by atoms with Gasteiger partial charge in [0.05, 0.1) is 19.1 Å². The first-order valence-corrected chi connectivity index (χ1v) is 11.2. The Kier molecular flexibility index (Phi) is 4.99. The lowest BCUT2D eigenvalue weighted by Gasteiger charge is -2.28. The SMILES string of the molecule is COc1cc([C@H]2CC(=O)Oc3cc(O)c4c(=O)c(-c5ccc(O)cc5)coc4c32)cc2c1OCCO2. The van der Waals surface area contributed by atoms with E-state index in [1.807, 2.05) is 0 Å². The molecule has 0 aliphatic carbocycles. The number of methoxy groups -OCH3 is 1. The molecule has 0 amide bonds. The van der Waals surface area contributed by atoms with E-state index in [2.05, 4.69) is 0 Å². The molecule has 0 bridgehead atoms. The molecule has 6 rings (SSSR count). The van der Waals surface area contributed by atoms with E-state index in [0.717, 1.165) is 0 Å². The summed E-state index contributed by atoms with van der Waals surface area (Å²) < 4.78 is 28.3. The molecule has 3 heterocycles. The van der Waals surface area contributed by atoms with Crippen molar-refractivity contribution < 1.29 is 38.4 Å². The molecule has 1 aromatic heterocycles. The van der Waals surface area contributed by atoms with Gasteiger partial charge in [0.25, 0.3) is 0 Å². The Hall–Kier alpha value is -4.66. The minimum atomic E-state index is -0.572. The van der Waals surface area contributed by atoms with Crippen LogP contribution in [0.3, 0.4) is 0 Å². The molecule has 2 aliphatic rings. The zero-order valence-corrected chi connectivity index (χ0v) is 19.1. The van der Waals surface area contributed by atoms with Gasteiger partial charge in [-0.3, -0.25) is 9.59 Å². The van der Waals surface area contributed by atoms with Gasteiger partial charge in [-0.25, -0.2) is 0 Å². The second-order valence-electron chi connectivity index (χ2n) is 8.52. The van der Waals surface area contributed by atoms with Gasteiger partial charge in [0.1, 0.15) is 47.7 Å². The van der Waals surface area contributed by atoms with Gasteiger partial charge in [-0.05, 0) is 35.4 Å². The summed E-state index contributed by atoms with van der Waals surface area (Å²) in [5, 5.41) is 20.3. The van der Waals surface area contributed by atoms with Crippen LogP contribution in [-0.2, 0) is 4.79 Å². The summed E-state index contributed by atoms with van der Waals surface area (Å²) in [6, 6.07) is 10.8. The fourth-order valence-corrected chi connectivity index (χ4v) is 4.75. The zero-order chi connectivity index (χ0) is 25.0. The molecule has 182 valence electrons. The van der Waals surface area contributed by atoms with Gasteiger partial charge in [0, 0.05) is 17.5 Å². The average molecular weight is 488 g/mol. The van der Waals surface area contributed by atoms with E-state index in [1.165, 1.54) is 31.6 Å². The van der Waals surface area contributed by atoms with Gasteiger partial charge in [-0.1, -0.05) is 12.1 Å². The van der Waals surface area contributed by atoms with Crippen LogP contribution in [-0.4, -0.2) is 36.5 Å². The third-order valence-corrected chi connectivity index (χ3v) is 6.40. The lowest BCUT2D eigenvalue weighted by atomic mass is 9.84. The highest BCUT2D eigenvalue weighted by molar-refractivity contribution is 5.94. The van der Waals surface area contributed by atoms with E-state index in [0.29, 0.717) is 47.2 Å². The Balaban J connectivity index is 1.58. The molecule has 2 aliphatic heterocycles. The molecule has 1 atom stereocenters. The topological polar surface area (TPSA) is 125 Å². The summed E-state index contributed by atoms with van der Waals surface area (Å²) in [4.78, 5) is 26.0. The van der Waals surface area contributed by atoms with Crippen molar-refractivity contribution in [3.8, 4) is 45.6 Å². The molecule has 0 spiro atoms. The fraction of sp³-hybridized carbons (Fsp3) is 0.185. The Morgan fingerprint density at radius 1 is 0.972 bits per heavy atom. The molecule has 0 radical (unpaired) electrons. The number of fused-ring (bicyclic) bond motifs is 4. The molecule has 3 aromatic carbocycles. The van der Waals surface area contributed by atoms with Crippen LogP contribution in [0.5, 0.6) is 34.5 Å². The quantitative estimate of drug-likeness (QED) is 0.324. The Labute approximate surface area is 204 Å². The standard InChI is InChI=1S/C27H20O9/c1-32-20-8-14(9-21-26(20)34-7-6-33-21)16-10-22(30)36-19-11-18(29)24-25(31)17(12-35-27(24)23(16)19)13-2-4-15(28)5-3-13/h2-5,8-9,11-12,16,28-29H,6-7,10H2,1H3/t16-/m1/s1. The molecule has 0 saturated heterocycles. The molecule has 0 saturated carbocycles. The van der Waals surface area contributed by atoms with Crippen molar-refractivity contribution >= 4 is 16.9 Å². The third kappa shape index (κ3) is 3.39. The van der Waals surface area contributed by atoms with Crippen molar-refractivity contribution in [3.63, 3.8) is 0 Å². The summed E-state index contributed by atoms with van der Waals surface area (Å²) in [5.74, 6) is 0.131. The largest absolute Gasteiger partial charge is 0.508 e. The van der Waals surface area contributed by atoms with Crippen molar-refractivity contribution in [2.24, 2.45) is 0 Å². The zero-order valence-electron chi connectivity index (χ0n) is 19.1. The van der Waals surface area contributed by atoms with Gasteiger partial charge in [0.15, 0.2) is 11.5 Å². The second-order valence-corrected chi connectivity index (χ2v) is 8.52. The van der Waals surface area contributed by atoms with Crippen molar-refractivity contribution in [1.29, 1.82) is 0 Å². The molecule has 0 unspecified atom stereocenters. The highest BCUT2D eigenvalue weighted by Crippen LogP contribution is 2.49. The van der Waals surface area contributed by atoms with E-state index >= 15 is 0 Å². The molecular weight excluding hydrogens is 468 g/mol. The van der Waals surface area contributed by atoms with E-state index < -0.39 is 17.3 Å². The fourth-order valence-electron chi connectivity index (χ4n) is 4.75. The number of carbonyl (C=O) groups is 1. The monoisotopic (exact) mass is 488 g/mol. The van der Waals surface area contributed by atoms with Crippen LogP contribution in [0.15, 0.2) is 57.9 Å². The minimum Gasteiger partial charge on any atom is -0.508 e. The first-order valence-electron chi connectivity index (χ1n) is 11.2. The number of hydrogen-bond donors (Lipinski definition) is 2. The predicted octanol–water partition coefficient (Wildman–Crippen LogP) is 4.09. The molecular formula is C27H20O9. The number of phenolic OH excluding ortho intramolecular Hbond substituents is 2. The third-order valence-electron chi connectivity index (χ3n) is 6.40. The number of benzene rings is 3. The van der Waals surface area contributed by atoms with Crippen molar-refractivity contribution in [2.75, 3.05) is 20.3 Å². The first-order chi connectivity index (χ1) is 17.4. The van der Waals surface area contributed by atoms with E-state index in [9.17, 15) is 19.8 Å². The summed E-state index contributed by atoms with van der Waals surface area (Å²) in [7, 11) is 1.51. The summed E-state index contributed by atoms with van der Waals surface area (Å²) >= 11 is 0. The van der Waals surface area contributed by atoms with Gasteiger partial charge < -0.3 is 33.6 Å². The van der Waals surface area contributed by atoms with Crippen molar-refractivity contribution in [1.82, 2.24) is 0 Å². The van der Waals surface area contributed by atoms with E-state index in [-0.39, 0.29) is 40.2 Å². The van der Waals surface area contributed by atoms with Crippen LogP contribution < -0.4 is 24.4 Å². The Bertz CT molecular complexity index is 1570. The van der Waals surface area contributed by atoms with Gasteiger partial charge >= 0.3 is 5.97 Å². The van der Waals surface area contributed by atoms with Crippen LogP contribution in [0.25, 0.3) is 22.1 Å². The number of rotatable bonds is 3. The average Bonchev–Trinajstić information content (AvgIpc) is 2.88. The summed E-state index contributed by atoms with van der Waals surface area (Å²) in [6.07, 6.45) is 1.27. The maximum atomic E-state index is 13.5. The number of aromatic hydroxyl groups is 2. The number of ether oxygens (including phenoxy) is 4. The normalized spacial score (nSPS) is 16.4. The number of esters is 1. The smallest absolute Gasteiger partial charge is 0.312 e. The highest BCUT2D eigenvalue weighted by Gasteiger charge is 2.35. The predicted molar refractivity (Wildman–Crippen MR) is 127 cm³/mol. The van der Waals surface area contributed by atoms with Crippen molar-refractivity contribution in [2.45, 2.75) is 12.3 Å². The number of carbonyl (C=O) groups excluding carboxylic acids is 1. The van der Waals surface area contributed by atoms with Crippen LogP contribution in [0.1, 0.15) is 23.5 Å². The van der Waals surface area contributed by atoms with Crippen LogP contribution >= 0.6 is 0 Å². The van der Waals surface area contributed by atoms with Crippen LogP contribution in [0.2, 0.25) is 0 Å². The maximum Gasteiger partial charge on any atom is 0.312 e. The number of phenols is 2. The van der Waals surface area contributed by atoms with Crippen molar-refractivity contribution in [3.05, 3.63) is 70.1 Å². The van der Waals surface area contributed by atoms with E-state index in [1.54, 1.807) is 24.3 Å². The van der Waals surface area contributed by atoms with Crippen LogP contribution in [0, 0.1) is 0 Å². The van der Waals surface area contributed by atoms with Crippen LogP contribution in [0.4, 0.5) is 0 Å². The lowest BCUT2D eigenvalue weighted by molar-refractivity contribution is -0.135. The highest BCUT2D eigenvalue weighted by atomic mass is 16.6. The first kappa shape index (κ1) is 21.8. The van der Waals surface area contributed by atoms with Gasteiger partial charge in [0.2, 0.25) is 11.2 Å². The van der Waals surface area contributed by atoms with Gasteiger partial charge in [-0.15, -0.1) is 0 Å². The van der Waals surface area contributed by atoms with Gasteiger partial charge in [-0.2, -0.15) is 0 Å². The van der Waals surface area contributed by atoms with E-state index in [4.69, 9.17) is 23.4 Å². The molecule has 9 heteroatoms. The Morgan fingerprint density at radius 2 is 1.75 bits per heavy atom. The molecule has 4 aromatic rings. The number of hydrogen-bond acceptors (Lipinski definition) is 9. The summed E-state index contributed by atoms with van der Waals surface area (Å²) in [5.41, 5.74) is 1.51. The summed E-state index contributed by atoms with van der Waals surface area (Å²) in [6.45, 7) is 0.758.